The predicted molar refractivity (Wildman–Crippen MR) is 112 cm³/mol. The van der Waals surface area contributed by atoms with Gasteiger partial charge >= 0.3 is 0 Å². The molecule has 6 nitrogen and oxygen atoms in total. The van der Waals surface area contributed by atoms with Gasteiger partial charge in [0.2, 0.25) is 0 Å². The second-order valence-corrected chi connectivity index (χ2v) is 7.89. The van der Waals surface area contributed by atoms with Crippen LogP contribution in [0.25, 0.3) is 0 Å². The molecule has 1 amide bonds. The standard InChI is InChI=1S/C23H29N3O3/c1-18-6-9-26(13-12-24-14-16-29-17-15-24)23(28)21(18)22(27)25-10-7-19-4-2-3-5-20(19)8-11-25/h2-6,9H,7-8,10-17H2,1H3. The highest BCUT2D eigenvalue weighted by Crippen LogP contribution is 2.17. The number of nitrogens with zero attached hydrogens (tertiary/aromatic N) is 3. The van der Waals surface area contributed by atoms with Crippen LogP contribution in [0.4, 0.5) is 0 Å². The first-order valence-electron chi connectivity index (χ1n) is 10.5. The lowest BCUT2D eigenvalue weighted by atomic mass is 10.0. The van der Waals surface area contributed by atoms with Gasteiger partial charge in [-0.15, -0.1) is 0 Å². The number of carbonyl (C=O) groups excluding carboxylic acids is 1. The van der Waals surface area contributed by atoms with E-state index >= 15 is 0 Å². The fraction of sp³-hybridized carbons (Fsp3) is 0.478. The molecule has 0 unspecified atom stereocenters. The molecule has 0 N–H and O–H groups in total. The summed E-state index contributed by atoms with van der Waals surface area (Å²) in [6.45, 7) is 7.79. The minimum absolute atomic E-state index is 0.138. The highest BCUT2D eigenvalue weighted by molar-refractivity contribution is 5.95. The summed E-state index contributed by atoms with van der Waals surface area (Å²) in [5, 5.41) is 0. The highest BCUT2D eigenvalue weighted by atomic mass is 16.5. The Morgan fingerprint density at radius 1 is 0.966 bits per heavy atom. The summed E-state index contributed by atoms with van der Waals surface area (Å²) in [6, 6.07) is 10.3. The normalized spacial score (nSPS) is 17.6. The predicted octanol–water partition coefficient (Wildman–Crippen LogP) is 1.73. The largest absolute Gasteiger partial charge is 0.379 e. The maximum Gasteiger partial charge on any atom is 0.263 e. The number of pyridine rings is 1. The van der Waals surface area contributed by atoms with Crippen LogP contribution in [0.15, 0.2) is 41.3 Å². The van der Waals surface area contributed by atoms with Crippen LogP contribution < -0.4 is 5.56 Å². The zero-order valence-electron chi connectivity index (χ0n) is 17.1. The average molecular weight is 396 g/mol. The van der Waals surface area contributed by atoms with Gasteiger partial charge in [0.05, 0.1) is 13.2 Å². The van der Waals surface area contributed by atoms with Crippen molar-refractivity contribution in [2.45, 2.75) is 26.3 Å². The van der Waals surface area contributed by atoms with Gasteiger partial charge < -0.3 is 14.2 Å². The van der Waals surface area contributed by atoms with E-state index in [1.54, 1.807) is 4.57 Å². The lowest BCUT2D eigenvalue weighted by Crippen LogP contribution is -2.41. The number of carbonyl (C=O) groups is 1. The minimum atomic E-state index is -0.176. The molecule has 2 aliphatic rings. The first kappa shape index (κ1) is 19.9. The maximum absolute atomic E-state index is 13.3. The zero-order valence-corrected chi connectivity index (χ0v) is 17.1. The first-order valence-corrected chi connectivity index (χ1v) is 10.5. The first-order chi connectivity index (χ1) is 14.1. The van der Waals surface area contributed by atoms with Crippen LogP contribution in [-0.2, 0) is 24.1 Å². The van der Waals surface area contributed by atoms with Crippen molar-refractivity contribution in [1.29, 1.82) is 0 Å². The minimum Gasteiger partial charge on any atom is -0.379 e. The third-order valence-corrected chi connectivity index (χ3v) is 6.06. The van der Waals surface area contributed by atoms with E-state index in [-0.39, 0.29) is 11.5 Å². The Balaban J connectivity index is 1.50. The quantitative estimate of drug-likeness (QED) is 0.791. The van der Waals surface area contributed by atoms with Crippen molar-refractivity contribution < 1.29 is 9.53 Å². The van der Waals surface area contributed by atoms with Crippen LogP contribution in [0, 0.1) is 6.92 Å². The SMILES string of the molecule is Cc1ccn(CCN2CCOCC2)c(=O)c1C(=O)N1CCc2ccccc2CC1. The van der Waals surface area contributed by atoms with Crippen LogP contribution in [0.3, 0.4) is 0 Å². The maximum atomic E-state index is 13.3. The molecule has 0 saturated carbocycles. The van der Waals surface area contributed by atoms with Gasteiger partial charge in [-0.2, -0.15) is 0 Å². The van der Waals surface area contributed by atoms with Crippen LogP contribution in [-0.4, -0.2) is 66.2 Å². The summed E-state index contributed by atoms with van der Waals surface area (Å²) >= 11 is 0. The second kappa shape index (κ2) is 8.93. The van der Waals surface area contributed by atoms with Crippen LogP contribution in [0.2, 0.25) is 0 Å². The average Bonchev–Trinajstić information content (AvgIpc) is 2.97. The van der Waals surface area contributed by atoms with E-state index in [1.807, 2.05) is 36.2 Å². The van der Waals surface area contributed by atoms with Gasteiger partial charge in [0.15, 0.2) is 0 Å². The molecule has 154 valence electrons. The van der Waals surface area contributed by atoms with E-state index in [0.717, 1.165) is 51.3 Å². The van der Waals surface area contributed by atoms with E-state index in [9.17, 15) is 9.59 Å². The summed E-state index contributed by atoms with van der Waals surface area (Å²) in [6.07, 6.45) is 3.48. The Kier molecular flexibility index (Phi) is 6.11. The van der Waals surface area contributed by atoms with Crippen molar-refractivity contribution in [2.75, 3.05) is 45.9 Å². The Labute approximate surface area is 171 Å². The van der Waals surface area contributed by atoms with E-state index < -0.39 is 0 Å². The van der Waals surface area contributed by atoms with Gasteiger partial charge in [-0.05, 0) is 42.5 Å². The molecule has 0 atom stereocenters. The molecule has 0 spiro atoms. The fourth-order valence-corrected chi connectivity index (χ4v) is 4.20. The van der Waals surface area contributed by atoms with Gasteiger partial charge in [0.25, 0.3) is 11.5 Å². The highest BCUT2D eigenvalue weighted by Gasteiger charge is 2.24. The third-order valence-electron chi connectivity index (χ3n) is 6.06. The van der Waals surface area contributed by atoms with Crippen molar-refractivity contribution in [3.63, 3.8) is 0 Å². The van der Waals surface area contributed by atoms with Crippen molar-refractivity contribution in [3.8, 4) is 0 Å². The Hall–Kier alpha value is -2.44. The van der Waals surface area contributed by atoms with E-state index in [4.69, 9.17) is 4.74 Å². The molecule has 0 aliphatic carbocycles. The van der Waals surface area contributed by atoms with Crippen molar-refractivity contribution in [3.05, 3.63) is 69.1 Å². The van der Waals surface area contributed by atoms with Gasteiger partial charge in [-0.25, -0.2) is 0 Å². The van der Waals surface area contributed by atoms with E-state index in [0.29, 0.717) is 25.2 Å². The topological polar surface area (TPSA) is 54.8 Å². The number of ether oxygens (including phenoxy) is 1. The number of hydrogen-bond acceptors (Lipinski definition) is 4. The molecular weight excluding hydrogens is 366 g/mol. The third kappa shape index (κ3) is 4.43. The zero-order chi connectivity index (χ0) is 20.2. The number of hydrogen-bond donors (Lipinski definition) is 0. The molecule has 2 aromatic rings. The molecule has 1 saturated heterocycles. The second-order valence-electron chi connectivity index (χ2n) is 7.89. The summed E-state index contributed by atoms with van der Waals surface area (Å²) in [5.41, 5.74) is 3.50. The molecule has 4 rings (SSSR count). The van der Waals surface area contributed by atoms with Gasteiger partial charge in [0, 0.05) is 45.5 Å². The van der Waals surface area contributed by atoms with Gasteiger partial charge in [0.1, 0.15) is 5.56 Å². The van der Waals surface area contributed by atoms with Gasteiger partial charge in [-0.3, -0.25) is 14.5 Å². The van der Waals surface area contributed by atoms with Crippen molar-refractivity contribution in [2.24, 2.45) is 0 Å². The summed E-state index contributed by atoms with van der Waals surface area (Å²) < 4.78 is 7.06. The Morgan fingerprint density at radius 3 is 2.28 bits per heavy atom. The molecule has 1 aromatic heterocycles. The molecular formula is C23H29N3O3. The lowest BCUT2D eigenvalue weighted by molar-refractivity contribution is 0.0362. The molecule has 1 aromatic carbocycles. The molecule has 6 heteroatoms. The summed E-state index contributed by atoms with van der Waals surface area (Å²) in [5.74, 6) is -0.138. The lowest BCUT2D eigenvalue weighted by Gasteiger charge is -2.27. The number of fused-ring (bicyclic) bond motifs is 1. The van der Waals surface area contributed by atoms with Crippen LogP contribution in [0.5, 0.6) is 0 Å². The molecule has 2 aliphatic heterocycles. The summed E-state index contributed by atoms with van der Waals surface area (Å²) in [4.78, 5) is 30.6. The molecule has 0 radical (unpaired) electrons. The smallest absolute Gasteiger partial charge is 0.263 e. The molecule has 1 fully saturated rings. The number of morpholine rings is 1. The molecule has 3 heterocycles. The number of aryl methyl sites for hydroxylation is 1. The molecule has 0 bridgehead atoms. The fourth-order valence-electron chi connectivity index (χ4n) is 4.20. The Bertz CT molecular complexity index is 904. The van der Waals surface area contributed by atoms with E-state index in [2.05, 4.69) is 17.0 Å². The number of benzene rings is 1. The summed E-state index contributed by atoms with van der Waals surface area (Å²) in [7, 11) is 0. The monoisotopic (exact) mass is 395 g/mol. The van der Waals surface area contributed by atoms with Gasteiger partial charge in [-0.1, -0.05) is 24.3 Å². The van der Waals surface area contributed by atoms with Crippen LogP contribution >= 0.6 is 0 Å². The van der Waals surface area contributed by atoms with Crippen molar-refractivity contribution in [1.82, 2.24) is 14.4 Å². The number of amides is 1. The van der Waals surface area contributed by atoms with Crippen LogP contribution in [0.1, 0.15) is 27.0 Å². The number of rotatable bonds is 4. The molecule has 29 heavy (non-hydrogen) atoms. The van der Waals surface area contributed by atoms with E-state index in [1.165, 1.54) is 11.1 Å². The number of aromatic nitrogens is 1. The van der Waals surface area contributed by atoms with Crippen molar-refractivity contribution >= 4 is 5.91 Å². The Morgan fingerprint density at radius 2 is 1.62 bits per heavy atom.